The number of benzene rings is 1. The minimum absolute atomic E-state index is 0.445. The Labute approximate surface area is 75.5 Å². The van der Waals surface area contributed by atoms with Crippen molar-refractivity contribution in [1.82, 2.24) is 0 Å². The molecule has 0 radical (unpaired) electrons. The molecule has 0 atom stereocenters. The molecular formula is C7H5F3OZn. The topological polar surface area (TPSA) is 9.23 Å². The number of hydrogen-bond donors (Lipinski definition) is 0. The molecule has 0 saturated carbocycles. The molecule has 12 heavy (non-hydrogen) atoms. The Balaban J connectivity index is 3.10. The van der Waals surface area contributed by atoms with Gasteiger partial charge in [0.05, 0.1) is 0 Å². The monoisotopic (exact) mass is 226 g/mol. The van der Waals surface area contributed by atoms with Crippen LogP contribution in [0.5, 0.6) is 5.75 Å². The second-order valence-electron chi connectivity index (χ2n) is 2.13. The predicted molar refractivity (Wildman–Crippen MR) is 32.8 cm³/mol. The number of halogens is 3. The molecule has 0 saturated heterocycles. The van der Waals surface area contributed by atoms with E-state index in [1.165, 1.54) is 0 Å². The van der Waals surface area contributed by atoms with E-state index in [1.54, 1.807) is 5.52 Å². The van der Waals surface area contributed by atoms with Gasteiger partial charge in [-0.3, -0.25) is 0 Å². The van der Waals surface area contributed by atoms with Crippen LogP contribution in [0.15, 0.2) is 12.1 Å². The normalized spacial score (nSPS) is 9.33. The van der Waals surface area contributed by atoms with Crippen LogP contribution in [0.3, 0.4) is 0 Å². The summed E-state index contributed by atoms with van der Waals surface area (Å²) in [6.07, 6.45) is 0. The maximum atomic E-state index is 12.7. The van der Waals surface area contributed by atoms with Crippen LogP contribution in [0.2, 0.25) is 5.52 Å². The van der Waals surface area contributed by atoms with Gasteiger partial charge in [-0.1, -0.05) is 0 Å². The molecule has 0 aliphatic rings. The first-order chi connectivity index (χ1) is 5.65. The molecular weight excluding hydrogens is 222 g/mol. The molecule has 0 heterocycles. The Morgan fingerprint density at radius 1 is 1.17 bits per heavy atom. The zero-order valence-corrected chi connectivity index (χ0v) is 9.37. The standard InChI is InChI=1S/C6H3F3O.CH3.Zn/c7-3-1-4(8)6(10)5(9)2-3;;/h1-2,10H;1H3;/q;;+1/p-1. The summed E-state index contributed by atoms with van der Waals surface area (Å²) >= 11 is -1.32. The second-order valence-corrected chi connectivity index (χ2v) is 3.95. The van der Waals surface area contributed by atoms with E-state index in [0.717, 1.165) is 0 Å². The third-order valence-electron chi connectivity index (χ3n) is 1.25. The van der Waals surface area contributed by atoms with Gasteiger partial charge in [-0.05, 0) is 0 Å². The third-order valence-corrected chi connectivity index (χ3v) is 2.46. The molecule has 0 unspecified atom stereocenters. The van der Waals surface area contributed by atoms with E-state index in [-0.39, 0.29) is 0 Å². The van der Waals surface area contributed by atoms with Gasteiger partial charge in [0, 0.05) is 0 Å². The molecule has 0 spiro atoms. The Kier molecular flexibility index (Phi) is 3.09. The molecule has 0 N–H and O–H groups in total. The average Bonchev–Trinajstić information content (AvgIpc) is 1.96. The first-order valence-corrected chi connectivity index (χ1v) is 7.60. The summed E-state index contributed by atoms with van der Waals surface area (Å²) in [6, 6.07) is 1.21. The fraction of sp³-hybridized carbons (Fsp3) is 0.143. The second kappa shape index (κ2) is 3.90. The zero-order chi connectivity index (χ0) is 9.14. The van der Waals surface area contributed by atoms with Gasteiger partial charge in [-0.2, -0.15) is 0 Å². The molecule has 0 amide bonds. The van der Waals surface area contributed by atoms with E-state index >= 15 is 0 Å². The molecule has 0 aromatic heterocycles. The molecule has 0 fully saturated rings. The summed E-state index contributed by atoms with van der Waals surface area (Å²) in [6.45, 7) is 0. The van der Waals surface area contributed by atoms with Crippen molar-refractivity contribution in [2.24, 2.45) is 0 Å². The Morgan fingerprint density at radius 2 is 1.67 bits per heavy atom. The van der Waals surface area contributed by atoms with Crippen LogP contribution in [-0.4, -0.2) is 0 Å². The van der Waals surface area contributed by atoms with Crippen molar-refractivity contribution >= 4 is 0 Å². The van der Waals surface area contributed by atoms with Crippen molar-refractivity contribution in [3.63, 3.8) is 0 Å². The first kappa shape index (κ1) is 9.52. The average molecular weight is 227 g/mol. The SMILES string of the molecule is [CH3][Zn][O]c1c(F)cc(F)cc1F. The van der Waals surface area contributed by atoms with Crippen LogP contribution >= 0.6 is 0 Å². The number of rotatable bonds is 2. The van der Waals surface area contributed by atoms with Gasteiger partial charge in [-0.15, -0.1) is 0 Å². The molecule has 1 nitrogen and oxygen atoms in total. The van der Waals surface area contributed by atoms with E-state index in [4.69, 9.17) is 3.56 Å². The van der Waals surface area contributed by atoms with Crippen molar-refractivity contribution in [2.45, 2.75) is 5.52 Å². The van der Waals surface area contributed by atoms with Gasteiger partial charge in [0.15, 0.2) is 0 Å². The Hall–Kier alpha value is -0.567. The molecule has 0 aliphatic heterocycles. The van der Waals surface area contributed by atoms with Gasteiger partial charge in [-0.25, -0.2) is 0 Å². The molecule has 1 aromatic carbocycles. The molecule has 0 aliphatic carbocycles. The summed E-state index contributed by atoms with van der Waals surface area (Å²) in [5.74, 6) is -3.32. The molecule has 0 bridgehead atoms. The van der Waals surface area contributed by atoms with Crippen molar-refractivity contribution in [2.75, 3.05) is 0 Å². The summed E-state index contributed by atoms with van der Waals surface area (Å²) in [5, 5.41) is 0. The van der Waals surface area contributed by atoms with Crippen LogP contribution in [0.4, 0.5) is 13.2 Å². The molecule has 62 valence electrons. The predicted octanol–water partition coefficient (Wildman–Crippen LogP) is 2.53. The van der Waals surface area contributed by atoms with E-state index in [9.17, 15) is 13.2 Å². The van der Waals surface area contributed by atoms with E-state index < -0.39 is 40.7 Å². The fourth-order valence-corrected chi connectivity index (χ4v) is 2.00. The van der Waals surface area contributed by atoms with E-state index in [1.807, 2.05) is 0 Å². The molecule has 1 rings (SSSR count). The van der Waals surface area contributed by atoms with Crippen molar-refractivity contribution in [1.29, 1.82) is 0 Å². The first-order valence-electron chi connectivity index (χ1n) is 3.42. The molecule has 1 aromatic rings. The molecule has 5 heteroatoms. The Bertz CT molecular complexity index is 267. The van der Waals surface area contributed by atoms with Crippen LogP contribution in [0.1, 0.15) is 0 Å². The maximum absolute atomic E-state index is 12.7. The van der Waals surface area contributed by atoms with Gasteiger partial charge in [0.25, 0.3) is 0 Å². The minimum atomic E-state index is -1.32. The summed E-state index contributed by atoms with van der Waals surface area (Å²) in [4.78, 5) is 0. The van der Waals surface area contributed by atoms with Gasteiger partial charge < -0.3 is 0 Å². The third kappa shape index (κ3) is 1.97. The van der Waals surface area contributed by atoms with Crippen molar-refractivity contribution < 1.29 is 34.2 Å². The van der Waals surface area contributed by atoms with E-state index in [2.05, 4.69) is 0 Å². The summed E-state index contributed by atoms with van der Waals surface area (Å²) in [7, 11) is 0. The Morgan fingerprint density at radius 3 is 2.08 bits per heavy atom. The van der Waals surface area contributed by atoms with Crippen LogP contribution < -0.4 is 3.56 Å². The van der Waals surface area contributed by atoms with Crippen molar-refractivity contribution in [3.05, 3.63) is 29.6 Å². The van der Waals surface area contributed by atoms with E-state index in [0.29, 0.717) is 12.1 Å². The van der Waals surface area contributed by atoms with Gasteiger partial charge in [0.2, 0.25) is 0 Å². The number of hydrogen-bond acceptors (Lipinski definition) is 1. The van der Waals surface area contributed by atoms with Gasteiger partial charge >= 0.3 is 75.1 Å². The van der Waals surface area contributed by atoms with Crippen molar-refractivity contribution in [3.8, 4) is 5.75 Å². The fourth-order valence-electron chi connectivity index (χ4n) is 0.811. The van der Waals surface area contributed by atoms with Crippen LogP contribution in [-0.2, 0) is 17.5 Å². The summed E-state index contributed by atoms with van der Waals surface area (Å²) < 4.78 is 42.6. The zero-order valence-electron chi connectivity index (χ0n) is 6.40. The van der Waals surface area contributed by atoms with Crippen LogP contribution in [0, 0.1) is 17.5 Å². The van der Waals surface area contributed by atoms with Gasteiger partial charge in [0.1, 0.15) is 0 Å². The quantitative estimate of drug-likeness (QED) is 0.706. The summed E-state index contributed by atoms with van der Waals surface area (Å²) in [5.41, 5.74) is 1.77. The van der Waals surface area contributed by atoms with Crippen LogP contribution in [0.25, 0.3) is 0 Å².